The van der Waals surface area contributed by atoms with E-state index in [0.29, 0.717) is 31.7 Å². The van der Waals surface area contributed by atoms with E-state index in [0.717, 1.165) is 16.9 Å². The topological polar surface area (TPSA) is 88.5 Å². The zero-order valence-corrected chi connectivity index (χ0v) is 17.2. The van der Waals surface area contributed by atoms with E-state index in [9.17, 15) is 9.59 Å². The molecule has 5 rings (SSSR count). The fourth-order valence-corrected chi connectivity index (χ4v) is 5.69. The molecule has 4 aliphatic rings. The molecular weight excluding hydrogens is 388 g/mol. The molecule has 4 atom stereocenters. The molecule has 1 saturated heterocycles. The number of carboxylic acid groups (broad SMARTS) is 1. The lowest BCUT2D eigenvalue weighted by Gasteiger charge is -2.48. The Labute approximate surface area is 175 Å². The number of likely N-dealkylation sites (tertiary alicyclic amines) is 1. The summed E-state index contributed by atoms with van der Waals surface area (Å²) >= 11 is 0. The first-order chi connectivity index (χ1) is 14.5. The molecule has 0 aromatic heterocycles. The summed E-state index contributed by atoms with van der Waals surface area (Å²) < 4.78 is 16.8. The van der Waals surface area contributed by atoms with Gasteiger partial charge in [-0.2, -0.15) is 0 Å². The van der Waals surface area contributed by atoms with Crippen molar-refractivity contribution in [1.29, 1.82) is 0 Å². The van der Waals surface area contributed by atoms with Gasteiger partial charge in [-0.25, -0.2) is 0 Å². The highest BCUT2D eigenvalue weighted by Crippen LogP contribution is 2.54. The number of amides is 1. The molecule has 1 fully saturated rings. The molecule has 0 bridgehead atoms. The SMILES string of the molecule is CO[C@@H]1C=C[C@@]23c4cc5c(cc4CN(CCCC(=O)O)[C@@H]2C(=O)N(C)[C@H]3C1)OCO5. The largest absolute Gasteiger partial charge is 0.481 e. The van der Waals surface area contributed by atoms with E-state index in [1.807, 2.05) is 24.1 Å². The average molecular weight is 414 g/mol. The van der Waals surface area contributed by atoms with Gasteiger partial charge in [0, 0.05) is 33.2 Å². The van der Waals surface area contributed by atoms with Crippen molar-refractivity contribution < 1.29 is 28.9 Å². The van der Waals surface area contributed by atoms with Gasteiger partial charge in [0.2, 0.25) is 12.7 Å². The number of ether oxygens (including phenoxy) is 3. The number of nitrogens with zero attached hydrogens (tertiary/aromatic N) is 2. The number of rotatable bonds is 5. The summed E-state index contributed by atoms with van der Waals surface area (Å²) in [5.74, 6) is 0.681. The van der Waals surface area contributed by atoms with Crippen molar-refractivity contribution in [1.82, 2.24) is 9.80 Å². The highest BCUT2D eigenvalue weighted by molar-refractivity contribution is 5.89. The maximum atomic E-state index is 13.5. The minimum absolute atomic E-state index is 0.0468. The summed E-state index contributed by atoms with van der Waals surface area (Å²) in [6.07, 6.45) is 5.45. The lowest BCUT2D eigenvalue weighted by atomic mass is 9.63. The minimum Gasteiger partial charge on any atom is -0.481 e. The van der Waals surface area contributed by atoms with E-state index < -0.39 is 11.4 Å². The Bertz CT molecular complexity index is 930. The molecule has 0 saturated carbocycles. The second-order valence-electron chi connectivity index (χ2n) is 8.50. The Kier molecular flexibility index (Phi) is 4.52. The van der Waals surface area contributed by atoms with Gasteiger partial charge in [0.15, 0.2) is 11.5 Å². The number of hydrogen-bond donors (Lipinski definition) is 1. The average Bonchev–Trinajstić information content (AvgIpc) is 3.27. The van der Waals surface area contributed by atoms with Gasteiger partial charge < -0.3 is 24.2 Å². The molecule has 30 heavy (non-hydrogen) atoms. The number of likely N-dealkylation sites (N-methyl/N-ethyl adjacent to an activating group) is 1. The third-order valence-electron chi connectivity index (χ3n) is 7.04. The standard InChI is InChI=1S/C22H26N2O6/c1-23-18-9-14(28-2)5-6-22(18)15-10-17-16(29-12-30-17)8-13(15)11-24(20(22)21(23)27)7-3-4-19(25)26/h5-6,8,10,14,18,20H,3-4,7,9,11-12H2,1-2H3,(H,25,26)/t14-,18+,20-,22+/m1/s1. The van der Waals surface area contributed by atoms with Gasteiger partial charge in [0.05, 0.1) is 11.5 Å². The number of carboxylic acids is 1. The number of hydrogen-bond acceptors (Lipinski definition) is 6. The van der Waals surface area contributed by atoms with Gasteiger partial charge in [0.1, 0.15) is 6.04 Å². The van der Waals surface area contributed by atoms with Crippen molar-refractivity contribution in [3.63, 3.8) is 0 Å². The zero-order chi connectivity index (χ0) is 21.0. The number of carbonyl (C=O) groups excluding carboxylic acids is 1. The van der Waals surface area contributed by atoms with E-state index >= 15 is 0 Å². The molecule has 3 heterocycles. The molecule has 8 nitrogen and oxygen atoms in total. The van der Waals surface area contributed by atoms with Crippen LogP contribution in [-0.2, 0) is 26.3 Å². The Morgan fingerprint density at radius 3 is 2.83 bits per heavy atom. The molecule has 0 unspecified atom stereocenters. The van der Waals surface area contributed by atoms with Crippen LogP contribution in [0.5, 0.6) is 11.5 Å². The van der Waals surface area contributed by atoms with E-state index in [-0.39, 0.29) is 37.3 Å². The van der Waals surface area contributed by atoms with Crippen molar-refractivity contribution in [2.45, 2.75) is 49.4 Å². The van der Waals surface area contributed by atoms with Gasteiger partial charge in [0.25, 0.3) is 0 Å². The van der Waals surface area contributed by atoms with Crippen LogP contribution in [0, 0.1) is 0 Å². The van der Waals surface area contributed by atoms with Crippen LogP contribution in [-0.4, -0.2) is 72.5 Å². The predicted molar refractivity (Wildman–Crippen MR) is 106 cm³/mol. The van der Waals surface area contributed by atoms with Crippen LogP contribution in [0.4, 0.5) is 0 Å². The van der Waals surface area contributed by atoms with Crippen molar-refractivity contribution in [2.24, 2.45) is 0 Å². The molecule has 8 heteroatoms. The van der Waals surface area contributed by atoms with E-state index in [1.165, 1.54) is 0 Å². The molecule has 1 aromatic rings. The zero-order valence-electron chi connectivity index (χ0n) is 17.2. The number of fused-ring (bicyclic) bond motifs is 2. The summed E-state index contributed by atoms with van der Waals surface area (Å²) in [6.45, 7) is 1.31. The molecule has 1 aliphatic carbocycles. The van der Waals surface area contributed by atoms with E-state index in [2.05, 4.69) is 17.1 Å². The number of aliphatic carboxylic acids is 1. The van der Waals surface area contributed by atoms with Crippen LogP contribution in [0.25, 0.3) is 0 Å². The van der Waals surface area contributed by atoms with E-state index in [4.69, 9.17) is 19.3 Å². The number of methoxy groups -OCH3 is 1. The van der Waals surface area contributed by atoms with Crippen molar-refractivity contribution in [2.75, 3.05) is 27.5 Å². The summed E-state index contributed by atoms with van der Waals surface area (Å²) in [7, 11) is 3.55. The van der Waals surface area contributed by atoms with Crippen molar-refractivity contribution in [3.8, 4) is 11.5 Å². The molecule has 1 amide bonds. The van der Waals surface area contributed by atoms with Crippen molar-refractivity contribution in [3.05, 3.63) is 35.4 Å². The lowest BCUT2D eigenvalue weighted by molar-refractivity contribution is -0.137. The summed E-state index contributed by atoms with van der Waals surface area (Å²) in [6, 6.07) is 3.63. The van der Waals surface area contributed by atoms with Crippen molar-refractivity contribution >= 4 is 11.9 Å². The van der Waals surface area contributed by atoms with Gasteiger partial charge in [-0.05, 0) is 42.6 Å². The molecule has 1 N–H and O–H groups in total. The smallest absolute Gasteiger partial charge is 0.303 e. The molecule has 0 radical (unpaired) electrons. The number of benzene rings is 1. The summed E-state index contributed by atoms with van der Waals surface area (Å²) in [5, 5.41) is 9.08. The third-order valence-corrected chi connectivity index (χ3v) is 7.04. The second kappa shape index (κ2) is 6.99. The predicted octanol–water partition coefficient (Wildman–Crippen LogP) is 1.52. The Hall–Kier alpha value is -2.58. The van der Waals surface area contributed by atoms with Crippen LogP contribution in [0.3, 0.4) is 0 Å². The first kappa shape index (κ1) is 19.4. The monoisotopic (exact) mass is 414 g/mol. The van der Waals surface area contributed by atoms with Crippen LogP contribution in [0.1, 0.15) is 30.4 Å². The molecule has 160 valence electrons. The Morgan fingerprint density at radius 1 is 1.33 bits per heavy atom. The minimum atomic E-state index is -0.821. The van der Waals surface area contributed by atoms with Gasteiger partial charge in [-0.1, -0.05) is 12.2 Å². The van der Waals surface area contributed by atoms with Crippen LogP contribution in [0.15, 0.2) is 24.3 Å². The summed E-state index contributed by atoms with van der Waals surface area (Å²) in [4.78, 5) is 28.5. The van der Waals surface area contributed by atoms with Crippen LogP contribution in [0.2, 0.25) is 0 Å². The van der Waals surface area contributed by atoms with Crippen LogP contribution >= 0.6 is 0 Å². The third kappa shape index (κ3) is 2.66. The fraction of sp³-hybridized carbons (Fsp3) is 0.545. The highest BCUT2D eigenvalue weighted by Gasteiger charge is 2.63. The summed E-state index contributed by atoms with van der Waals surface area (Å²) in [5.41, 5.74) is 1.66. The quantitative estimate of drug-likeness (QED) is 0.731. The maximum absolute atomic E-state index is 13.5. The normalized spacial score (nSPS) is 31.5. The Balaban J connectivity index is 1.64. The second-order valence-corrected chi connectivity index (χ2v) is 8.50. The molecule has 1 spiro atoms. The van der Waals surface area contributed by atoms with Gasteiger partial charge >= 0.3 is 5.97 Å². The first-order valence-corrected chi connectivity index (χ1v) is 10.3. The van der Waals surface area contributed by atoms with Gasteiger partial charge in [-0.15, -0.1) is 0 Å². The lowest BCUT2D eigenvalue weighted by Crippen LogP contribution is -2.58. The maximum Gasteiger partial charge on any atom is 0.303 e. The molecular formula is C22H26N2O6. The fourth-order valence-electron chi connectivity index (χ4n) is 5.69. The first-order valence-electron chi connectivity index (χ1n) is 10.3. The Morgan fingerprint density at radius 2 is 2.10 bits per heavy atom. The molecule has 1 aromatic carbocycles. The van der Waals surface area contributed by atoms with E-state index in [1.54, 1.807) is 7.11 Å². The number of carbonyl (C=O) groups is 2. The molecule has 3 aliphatic heterocycles. The van der Waals surface area contributed by atoms with Crippen LogP contribution < -0.4 is 9.47 Å². The highest BCUT2D eigenvalue weighted by atomic mass is 16.7. The van der Waals surface area contributed by atoms with Gasteiger partial charge in [-0.3, -0.25) is 14.5 Å².